The first-order valence-corrected chi connectivity index (χ1v) is 5.90. The SMILES string of the molecule is COCc1csc(-c2ccc(F)c(OC)c2)n1. The highest BCUT2D eigenvalue weighted by Crippen LogP contribution is 2.28. The molecular formula is C12H12FNO2S. The molecule has 0 aliphatic rings. The first kappa shape index (κ1) is 12.0. The van der Waals surface area contributed by atoms with E-state index < -0.39 is 0 Å². The van der Waals surface area contributed by atoms with Crippen LogP contribution in [0.15, 0.2) is 23.6 Å². The molecule has 17 heavy (non-hydrogen) atoms. The number of thiazole rings is 1. The number of rotatable bonds is 4. The summed E-state index contributed by atoms with van der Waals surface area (Å²) in [5, 5.41) is 2.75. The number of halogens is 1. The second-order valence-corrected chi connectivity index (χ2v) is 4.28. The predicted octanol–water partition coefficient (Wildman–Crippen LogP) is 3.10. The Balaban J connectivity index is 2.32. The van der Waals surface area contributed by atoms with Gasteiger partial charge in [-0.15, -0.1) is 11.3 Å². The summed E-state index contributed by atoms with van der Waals surface area (Å²) in [6.07, 6.45) is 0. The van der Waals surface area contributed by atoms with Crippen molar-refractivity contribution >= 4 is 11.3 Å². The Bertz CT molecular complexity index is 513. The second-order valence-electron chi connectivity index (χ2n) is 3.43. The van der Waals surface area contributed by atoms with Gasteiger partial charge in [-0.1, -0.05) is 0 Å². The van der Waals surface area contributed by atoms with E-state index in [0.717, 1.165) is 16.3 Å². The number of benzene rings is 1. The maximum Gasteiger partial charge on any atom is 0.165 e. The van der Waals surface area contributed by atoms with Gasteiger partial charge in [0.15, 0.2) is 11.6 Å². The molecule has 2 aromatic rings. The predicted molar refractivity (Wildman–Crippen MR) is 64.8 cm³/mol. The molecule has 2 rings (SSSR count). The molecule has 0 unspecified atom stereocenters. The van der Waals surface area contributed by atoms with E-state index in [0.29, 0.717) is 6.61 Å². The highest BCUT2D eigenvalue weighted by molar-refractivity contribution is 7.13. The minimum atomic E-state index is -0.370. The van der Waals surface area contributed by atoms with Crippen molar-refractivity contribution in [2.75, 3.05) is 14.2 Å². The van der Waals surface area contributed by atoms with Crippen LogP contribution in [0.1, 0.15) is 5.69 Å². The summed E-state index contributed by atoms with van der Waals surface area (Å²) in [6, 6.07) is 4.71. The molecule has 0 fully saturated rings. The van der Waals surface area contributed by atoms with Crippen LogP contribution in [-0.2, 0) is 11.3 Å². The summed E-state index contributed by atoms with van der Waals surface area (Å²) in [5.74, 6) is -0.143. The largest absolute Gasteiger partial charge is 0.494 e. The van der Waals surface area contributed by atoms with Gasteiger partial charge in [0, 0.05) is 18.1 Å². The van der Waals surface area contributed by atoms with Crippen LogP contribution < -0.4 is 4.74 Å². The highest BCUT2D eigenvalue weighted by atomic mass is 32.1. The van der Waals surface area contributed by atoms with Crippen molar-refractivity contribution in [1.82, 2.24) is 4.98 Å². The summed E-state index contributed by atoms with van der Waals surface area (Å²) in [6.45, 7) is 0.481. The fourth-order valence-electron chi connectivity index (χ4n) is 1.45. The number of hydrogen-bond donors (Lipinski definition) is 0. The molecule has 0 aliphatic heterocycles. The smallest absolute Gasteiger partial charge is 0.165 e. The average molecular weight is 253 g/mol. The fraction of sp³-hybridized carbons (Fsp3) is 0.250. The quantitative estimate of drug-likeness (QED) is 0.839. The third-order valence-corrected chi connectivity index (χ3v) is 3.18. The summed E-state index contributed by atoms with van der Waals surface area (Å²) < 4.78 is 23.2. The zero-order valence-electron chi connectivity index (χ0n) is 9.57. The van der Waals surface area contributed by atoms with Gasteiger partial charge < -0.3 is 9.47 Å². The minimum absolute atomic E-state index is 0.228. The first-order chi connectivity index (χ1) is 8.24. The number of ether oxygens (including phenoxy) is 2. The molecule has 0 amide bonds. The van der Waals surface area contributed by atoms with E-state index >= 15 is 0 Å². The molecule has 5 heteroatoms. The number of aromatic nitrogens is 1. The molecule has 1 aromatic heterocycles. The van der Waals surface area contributed by atoms with Crippen LogP contribution in [0, 0.1) is 5.82 Å². The number of nitrogens with zero attached hydrogens (tertiary/aromatic N) is 1. The van der Waals surface area contributed by atoms with E-state index in [-0.39, 0.29) is 11.6 Å². The van der Waals surface area contributed by atoms with E-state index in [9.17, 15) is 4.39 Å². The molecule has 0 aliphatic carbocycles. The Kier molecular flexibility index (Phi) is 3.71. The molecule has 0 atom stereocenters. The van der Waals surface area contributed by atoms with Gasteiger partial charge >= 0.3 is 0 Å². The Labute approximate surface area is 103 Å². The molecule has 90 valence electrons. The van der Waals surface area contributed by atoms with Gasteiger partial charge in [0.05, 0.1) is 19.4 Å². The molecule has 0 saturated heterocycles. The molecule has 0 bridgehead atoms. The molecular weight excluding hydrogens is 241 g/mol. The number of methoxy groups -OCH3 is 2. The van der Waals surface area contributed by atoms with Crippen LogP contribution in [0.4, 0.5) is 4.39 Å². The summed E-state index contributed by atoms with van der Waals surface area (Å²) >= 11 is 1.50. The molecule has 1 heterocycles. The van der Waals surface area contributed by atoms with Gasteiger partial charge in [-0.2, -0.15) is 0 Å². The molecule has 3 nitrogen and oxygen atoms in total. The lowest BCUT2D eigenvalue weighted by Crippen LogP contribution is -1.89. The minimum Gasteiger partial charge on any atom is -0.494 e. The van der Waals surface area contributed by atoms with Crippen molar-refractivity contribution in [3.8, 4) is 16.3 Å². The lowest BCUT2D eigenvalue weighted by Gasteiger charge is -2.03. The first-order valence-electron chi connectivity index (χ1n) is 5.02. The Hall–Kier alpha value is -1.46. The van der Waals surface area contributed by atoms with Crippen molar-refractivity contribution in [2.45, 2.75) is 6.61 Å². The topological polar surface area (TPSA) is 31.4 Å². The maximum absolute atomic E-state index is 13.2. The molecule has 1 aromatic carbocycles. The molecule has 0 N–H and O–H groups in total. The van der Waals surface area contributed by atoms with Crippen LogP contribution in [0.25, 0.3) is 10.6 Å². The lowest BCUT2D eigenvalue weighted by atomic mass is 10.2. The zero-order valence-corrected chi connectivity index (χ0v) is 10.4. The third-order valence-electron chi connectivity index (χ3n) is 2.24. The van der Waals surface area contributed by atoms with Gasteiger partial charge in [-0.25, -0.2) is 9.37 Å². The highest BCUT2D eigenvalue weighted by Gasteiger charge is 2.08. The zero-order chi connectivity index (χ0) is 12.3. The summed E-state index contributed by atoms with van der Waals surface area (Å²) in [7, 11) is 3.07. The van der Waals surface area contributed by atoms with Crippen molar-refractivity contribution in [3.05, 3.63) is 35.1 Å². The van der Waals surface area contributed by atoms with Crippen LogP contribution in [0.2, 0.25) is 0 Å². The summed E-state index contributed by atoms with van der Waals surface area (Å²) in [4.78, 5) is 4.39. The van der Waals surface area contributed by atoms with Gasteiger partial charge in [0.2, 0.25) is 0 Å². The van der Waals surface area contributed by atoms with E-state index in [2.05, 4.69) is 4.98 Å². The van der Waals surface area contributed by atoms with Crippen molar-refractivity contribution < 1.29 is 13.9 Å². The van der Waals surface area contributed by atoms with Gasteiger partial charge in [-0.3, -0.25) is 0 Å². The fourth-order valence-corrected chi connectivity index (χ4v) is 2.25. The van der Waals surface area contributed by atoms with E-state index in [1.54, 1.807) is 19.2 Å². The standard InChI is InChI=1S/C12H12FNO2S/c1-15-6-9-7-17-12(14-9)8-3-4-10(13)11(5-8)16-2/h3-5,7H,6H2,1-2H3. The van der Waals surface area contributed by atoms with E-state index in [1.165, 1.54) is 24.5 Å². The Morgan fingerprint density at radius 1 is 1.35 bits per heavy atom. The van der Waals surface area contributed by atoms with Crippen LogP contribution in [0.5, 0.6) is 5.75 Å². The normalized spacial score (nSPS) is 10.5. The second kappa shape index (κ2) is 5.25. The van der Waals surface area contributed by atoms with Gasteiger partial charge in [0.1, 0.15) is 5.01 Å². The van der Waals surface area contributed by atoms with Crippen molar-refractivity contribution in [1.29, 1.82) is 0 Å². The maximum atomic E-state index is 13.2. The lowest BCUT2D eigenvalue weighted by molar-refractivity contribution is 0.182. The van der Waals surface area contributed by atoms with Crippen molar-refractivity contribution in [2.24, 2.45) is 0 Å². The van der Waals surface area contributed by atoms with Crippen LogP contribution in [-0.4, -0.2) is 19.2 Å². The number of hydrogen-bond acceptors (Lipinski definition) is 4. The van der Waals surface area contributed by atoms with Gasteiger partial charge in [0.25, 0.3) is 0 Å². The molecule has 0 spiro atoms. The average Bonchev–Trinajstić information content (AvgIpc) is 2.79. The molecule has 0 saturated carbocycles. The Morgan fingerprint density at radius 2 is 2.18 bits per heavy atom. The van der Waals surface area contributed by atoms with Crippen LogP contribution >= 0.6 is 11.3 Å². The Morgan fingerprint density at radius 3 is 2.88 bits per heavy atom. The van der Waals surface area contributed by atoms with Crippen molar-refractivity contribution in [3.63, 3.8) is 0 Å². The van der Waals surface area contributed by atoms with Crippen LogP contribution in [0.3, 0.4) is 0 Å². The third kappa shape index (κ3) is 2.62. The summed E-state index contributed by atoms with van der Waals surface area (Å²) in [5.41, 5.74) is 1.71. The molecule has 0 radical (unpaired) electrons. The van der Waals surface area contributed by atoms with E-state index in [4.69, 9.17) is 9.47 Å². The van der Waals surface area contributed by atoms with E-state index in [1.807, 2.05) is 5.38 Å². The van der Waals surface area contributed by atoms with Gasteiger partial charge in [-0.05, 0) is 18.2 Å². The monoisotopic (exact) mass is 253 g/mol.